The van der Waals surface area contributed by atoms with Crippen LogP contribution in [0.25, 0.3) is 0 Å². The number of rotatable bonds is 0. The zero-order valence-electron chi connectivity index (χ0n) is 3.74. The molecule has 0 spiro atoms. The predicted molar refractivity (Wildman–Crippen MR) is 24.4 cm³/mol. The molecule has 0 fully saturated rings. The van der Waals surface area contributed by atoms with Crippen molar-refractivity contribution in [3.63, 3.8) is 0 Å². The smallest absolute Gasteiger partial charge is 0.106 e. The van der Waals surface area contributed by atoms with Gasteiger partial charge in [-0.1, -0.05) is 0 Å². The van der Waals surface area contributed by atoms with E-state index < -0.39 is 0 Å². The third kappa shape index (κ3) is 53.6. The van der Waals surface area contributed by atoms with Crippen LogP contribution in [-0.2, 0) is 4.79 Å². The molecule has 0 aromatic rings. The van der Waals surface area contributed by atoms with Gasteiger partial charge in [-0.15, -0.1) is 5.16 Å². The maximum absolute atomic E-state index is 8.00. The first-order valence-corrected chi connectivity index (χ1v) is 1.06. The average molecular weight is 108 g/mol. The van der Waals surface area contributed by atoms with Gasteiger partial charge < -0.3 is 15.2 Å². The fourth-order valence-corrected chi connectivity index (χ4v) is 0. The summed E-state index contributed by atoms with van der Waals surface area (Å²) in [4.78, 5) is 8.00. The van der Waals surface area contributed by atoms with Gasteiger partial charge in [-0.25, -0.2) is 5.90 Å². The molecule has 44 valence electrons. The SMILES string of the molecule is C=NO.C=O.NO. The lowest BCUT2D eigenvalue weighted by molar-refractivity contribution is -0.0979. The minimum Gasteiger partial charge on any atom is -0.411 e. The highest BCUT2D eigenvalue weighted by atomic mass is 16.4. The van der Waals surface area contributed by atoms with Crippen molar-refractivity contribution in [2.75, 3.05) is 0 Å². The van der Waals surface area contributed by atoms with Crippen LogP contribution in [0, 0.1) is 0 Å². The first-order valence-electron chi connectivity index (χ1n) is 1.06. The fourth-order valence-electron chi connectivity index (χ4n) is 0. The Labute approximate surface area is 41.0 Å². The van der Waals surface area contributed by atoms with Crippen LogP contribution < -0.4 is 5.90 Å². The lowest BCUT2D eigenvalue weighted by atomic mass is 11.8. The third-order valence-electron chi connectivity index (χ3n) is 0. The van der Waals surface area contributed by atoms with E-state index in [1.54, 1.807) is 0 Å². The molecule has 0 aromatic carbocycles. The number of nitrogens with zero attached hydrogens (tertiary/aromatic N) is 1. The Morgan fingerprint density at radius 1 is 1.43 bits per heavy atom. The summed E-state index contributed by atoms with van der Waals surface area (Å²) in [6, 6.07) is 0. The quantitative estimate of drug-likeness (QED) is 0.215. The lowest BCUT2D eigenvalue weighted by Crippen LogP contribution is -1.72. The van der Waals surface area contributed by atoms with Crippen molar-refractivity contribution >= 4 is 13.5 Å². The van der Waals surface area contributed by atoms with Crippen molar-refractivity contribution in [1.82, 2.24) is 0 Å². The summed E-state index contributed by atoms with van der Waals surface area (Å²) in [5.41, 5.74) is 0. The second-order valence-electron chi connectivity index (χ2n) is 0.141. The molecule has 0 atom stereocenters. The van der Waals surface area contributed by atoms with Gasteiger partial charge in [0.25, 0.3) is 0 Å². The Hall–Kier alpha value is -0.940. The van der Waals surface area contributed by atoms with E-state index in [2.05, 4.69) is 17.8 Å². The Balaban J connectivity index is -0.0000000360. The van der Waals surface area contributed by atoms with Gasteiger partial charge >= 0.3 is 0 Å². The van der Waals surface area contributed by atoms with Crippen LogP contribution in [0.15, 0.2) is 5.16 Å². The highest BCUT2D eigenvalue weighted by molar-refractivity contribution is 5.20. The van der Waals surface area contributed by atoms with Crippen molar-refractivity contribution in [2.24, 2.45) is 11.1 Å². The molecule has 0 heterocycles. The Bertz CT molecular complexity index is 24.9. The van der Waals surface area contributed by atoms with Crippen molar-refractivity contribution in [3.8, 4) is 0 Å². The highest BCUT2D eigenvalue weighted by Gasteiger charge is 1.06. The van der Waals surface area contributed by atoms with Gasteiger partial charge in [0.15, 0.2) is 0 Å². The molecule has 0 amide bonds. The van der Waals surface area contributed by atoms with Crippen molar-refractivity contribution in [1.29, 1.82) is 0 Å². The fraction of sp³-hybridized carbons (Fsp3) is 0. The summed E-state index contributed by atoms with van der Waals surface area (Å²) in [6.45, 7) is 4.67. The number of carbonyl (C=O) groups is 1. The van der Waals surface area contributed by atoms with Crippen LogP contribution in [0.3, 0.4) is 0 Å². The summed E-state index contributed by atoms with van der Waals surface area (Å²) >= 11 is 0. The topological polar surface area (TPSA) is 95.9 Å². The van der Waals surface area contributed by atoms with Crippen molar-refractivity contribution in [3.05, 3.63) is 0 Å². The minimum absolute atomic E-state index is 2.00. The summed E-state index contributed by atoms with van der Waals surface area (Å²) in [5.74, 6) is 3.50. The second kappa shape index (κ2) is 23200. The summed E-state index contributed by atoms with van der Waals surface area (Å²) in [5, 5.41) is 15.8. The average Bonchev–Trinajstić information content (AvgIpc) is 1.78. The zero-order chi connectivity index (χ0) is 6.71. The zero-order valence-corrected chi connectivity index (χ0v) is 3.74. The normalized spacial score (nSPS) is 3.14. The van der Waals surface area contributed by atoms with Gasteiger partial charge in [0.1, 0.15) is 6.79 Å². The van der Waals surface area contributed by atoms with Crippen LogP contribution in [0.5, 0.6) is 0 Å². The van der Waals surface area contributed by atoms with Gasteiger partial charge in [0, 0.05) is 6.72 Å². The van der Waals surface area contributed by atoms with Crippen LogP contribution in [0.2, 0.25) is 0 Å². The van der Waals surface area contributed by atoms with E-state index in [1.807, 2.05) is 6.79 Å². The molecule has 0 radical (unpaired) electrons. The van der Waals surface area contributed by atoms with Crippen molar-refractivity contribution in [2.45, 2.75) is 0 Å². The molecule has 5 heteroatoms. The molecule has 0 aliphatic rings. The molecule has 0 saturated heterocycles. The monoisotopic (exact) mass is 108 g/mol. The van der Waals surface area contributed by atoms with Gasteiger partial charge in [-0.3, -0.25) is 0 Å². The molecule has 0 unspecified atom stereocenters. The molecule has 0 aromatic heterocycles. The molecule has 5 nitrogen and oxygen atoms in total. The number of hydrogen-bond acceptors (Lipinski definition) is 5. The highest BCUT2D eigenvalue weighted by Crippen LogP contribution is 1.20. The second-order valence-corrected chi connectivity index (χ2v) is 0.141. The van der Waals surface area contributed by atoms with E-state index in [4.69, 9.17) is 15.2 Å². The van der Waals surface area contributed by atoms with E-state index in [1.165, 1.54) is 0 Å². The van der Waals surface area contributed by atoms with E-state index in [-0.39, 0.29) is 0 Å². The lowest BCUT2D eigenvalue weighted by Gasteiger charge is -1.43. The maximum Gasteiger partial charge on any atom is 0.106 e. The summed E-state index contributed by atoms with van der Waals surface area (Å²) in [7, 11) is 0. The van der Waals surface area contributed by atoms with Crippen molar-refractivity contribution < 1.29 is 15.2 Å². The van der Waals surface area contributed by atoms with E-state index in [0.717, 1.165) is 0 Å². The Morgan fingerprint density at radius 2 is 1.43 bits per heavy atom. The van der Waals surface area contributed by atoms with E-state index >= 15 is 0 Å². The predicted octanol–water partition coefficient (Wildman–Crippen LogP) is -0.774. The number of nitrogens with two attached hydrogens (primary N) is 1. The summed E-state index contributed by atoms with van der Waals surface area (Å²) < 4.78 is 0. The first kappa shape index (κ1) is 16.6. The van der Waals surface area contributed by atoms with Crippen LogP contribution in [0.4, 0.5) is 0 Å². The standard InChI is InChI=1S/CH3NO.CH2O.H3NO/c1-2-3;2*1-2/h3H,1H2;1H2;2H,1H2. The Morgan fingerprint density at radius 3 is 1.43 bits per heavy atom. The van der Waals surface area contributed by atoms with Crippen LogP contribution in [-0.4, -0.2) is 23.9 Å². The number of carbonyl (C=O) groups excluding carboxylic acids is 1. The molecule has 0 bridgehead atoms. The molecule has 0 aliphatic carbocycles. The summed E-state index contributed by atoms with van der Waals surface area (Å²) in [6.07, 6.45) is 0. The molecule has 0 rings (SSSR count). The number of hydrogen-bond donors (Lipinski definition) is 3. The van der Waals surface area contributed by atoms with Crippen LogP contribution in [0.1, 0.15) is 0 Å². The molecule has 4 N–H and O–H groups in total. The molecule has 0 aliphatic heterocycles. The molecular formula is C2H8N2O3. The van der Waals surface area contributed by atoms with Gasteiger partial charge in [-0.2, -0.15) is 0 Å². The first-order chi connectivity index (χ1) is 3.41. The van der Waals surface area contributed by atoms with Gasteiger partial charge in [0.05, 0.1) is 0 Å². The third-order valence-corrected chi connectivity index (χ3v) is 0. The maximum atomic E-state index is 8.00. The van der Waals surface area contributed by atoms with Crippen LogP contribution >= 0.6 is 0 Å². The van der Waals surface area contributed by atoms with Gasteiger partial charge in [0.2, 0.25) is 0 Å². The largest absolute Gasteiger partial charge is 0.411 e. The van der Waals surface area contributed by atoms with Gasteiger partial charge in [-0.05, 0) is 0 Å². The molecular weight excluding hydrogens is 100 g/mol. The Kier molecular flexibility index (Phi) is 54800. The van der Waals surface area contributed by atoms with E-state index in [0.29, 0.717) is 0 Å². The number of oxime groups is 1. The molecule has 7 heavy (non-hydrogen) atoms. The molecule has 0 saturated carbocycles. The minimum atomic E-state index is 2.00. The van der Waals surface area contributed by atoms with E-state index in [9.17, 15) is 0 Å².